The first kappa shape index (κ1) is 69.6. The third kappa shape index (κ3) is 56.8. The molecule has 0 saturated heterocycles. The molecule has 0 aliphatic rings. The molecule has 3 N–H and O–H groups in total. The van der Waals surface area contributed by atoms with Crippen molar-refractivity contribution in [1.29, 1.82) is 0 Å². The standard InChI is InChI=1S/C66H121NO5/c1-3-5-7-9-11-13-14-15-16-30-34-37-40-44-48-52-56-60-66(71)72-61-57-53-49-45-41-38-35-32-29-27-25-23-21-19-17-18-20-22-24-26-28-31-33-36-39-43-47-51-55-59-65(70)67-63(62-68)64(69)58-54-50-46-42-12-10-8-6-4-2/h11,13,15-17,19,23,25,54,58,63-64,68-69H,3-10,12,14,18,20-22,24,26-53,55-57,59-62H2,1-2H3,(H,67,70)/b13-11-,16-15-,19-17-,25-23-,58-54+. The number of nitrogens with one attached hydrogen (secondary N) is 1. The van der Waals surface area contributed by atoms with Gasteiger partial charge in [0.05, 0.1) is 25.4 Å². The van der Waals surface area contributed by atoms with Gasteiger partial charge in [-0.3, -0.25) is 9.59 Å². The molecule has 0 aliphatic heterocycles. The van der Waals surface area contributed by atoms with Crippen LogP contribution in [-0.4, -0.2) is 47.4 Å². The summed E-state index contributed by atoms with van der Waals surface area (Å²) in [5.74, 6) is -0.0689. The summed E-state index contributed by atoms with van der Waals surface area (Å²) < 4.78 is 5.49. The van der Waals surface area contributed by atoms with Crippen molar-refractivity contribution >= 4 is 11.9 Å². The molecule has 72 heavy (non-hydrogen) atoms. The highest BCUT2D eigenvalue weighted by molar-refractivity contribution is 5.76. The number of esters is 1. The van der Waals surface area contributed by atoms with Gasteiger partial charge >= 0.3 is 5.97 Å². The number of aliphatic hydroxyl groups is 2. The van der Waals surface area contributed by atoms with E-state index in [0.29, 0.717) is 19.4 Å². The molecule has 0 bridgehead atoms. The molecule has 0 aliphatic carbocycles. The van der Waals surface area contributed by atoms with E-state index < -0.39 is 12.1 Å². The van der Waals surface area contributed by atoms with Gasteiger partial charge in [-0.1, -0.05) is 274 Å². The van der Waals surface area contributed by atoms with Gasteiger partial charge in [0, 0.05) is 12.8 Å². The summed E-state index contributed by atoms with van der Waals surface area (Å²) in [6.07, 6.45) is 80.0. The predicted molar refractivity (Wildman–Crippen MR) is 315 cm³/mol. The molecule has 0 aromatic carbocycles. The van der Waals surface area contributed by atoms with E-state index >= 15 is 0 Å². The summed E-state index contributed by atoms with van der Waals surface area (Å²) in [6, 6.07) is -0.627. The number of amides is 1. The van der Waals surface area contributed by atoms with Crippen LogP contribution in [0.25, 0.3) is 0 Å². The number of hydrogen-bond acceptors (Lipinski definition) is 5. The molecule has 0 fully saturated rings. The van der Waals surface area contributed by atoms with E-state index in [4.69, 9.17) is 4.74 Å². The number of unbranched alkanes of at least 4 members (excludes halogenated alkanes) is 39. The van der Waals surface area contributed by atoms with Crippen molar-refractivity contribution in [3.63, 3.8) is 0 Å². The average molecular weight is 1010 g/mol. The quantitative estimate of drug-likeness (QED) is 0.0320. The first-order chi connectivity index (χ1) is 35.5. The van der Waals surface area contributed by atoms with Crippen LogP contribution in [0, 0.1) is 0 Å². The summed E-state index contributed by atoms with van der Waals surface area (Å²) in [6.45, 7) is 4.85. The number of allylic oxidation sites excluding steroid dienone is 9. The molecule has 1 amide bonds. The fourth-order valence-electron chi connectivity index (χ4n) is 9.40. The van der Waals surface area contributed by atoms with Gasteiger partial charge in [-0.2, -0.15) is 0 Å². The minimum Gasteiger partial charge on any atom is -0.466 e. The number of aliphatic hydroxyl groups excluding tert-OH is 2. The topological polar surface area (TPSA) is 95.9 Å². The van der Waals surface area contributed by atoms with Crippen molar-refractivity contribution in [3.05, 3.63) is 60.8 Å². The van der Waals surface area contributed by atoms with E-state index in [1.54, 1.807) is 6.08 Å². The van der Waals surface area contributed by atoms with Gasteiger partial charge < -0.3 is 20.3 Å². The Hall–Kier alpha value is -2.44. The summed E-state index contributed by atoms with van der Waals surface area (Å²) in [5.41, 5.74) is 0. The lowest BCUT2D eigenvalue weighted by Crippen LogP contribution is -2.45. The van der Waals surface area contributed by atoms with Gasteiger partial charge in [0.15, 0.2) is 0 Å². The average Bonchev–Trinajstić information content (AvgIpc) is 3.38. The maximum absolute atomic E-state index is 12.4. The van der Waals surface area contributed by atoms with Crippen molar-refractivity contribution in [3.8, 4) is 0 Å². The number of rotatable bonds is 58. The minimum absolute atomic E-state index is 0.00324. The molecule has 0 aromatic rings. The summed E-state index contributed by atoms with van der Waals surface area (Å²) in [4.78, 5) is 24.5. The second-order valence-electron chi connectivity index (χ2n) is 21.4. The molecular formula is C66H121NO5. The van der Waals surface area contributed by atoms with Crippen LogP contribution in [0.15, 0.2) is 60.8 Å². The van der Waals surface area contributed by atoms with E-state index in [-0.39, 0.29) is 18.5 Å². The smallest absolute Gasteiger partial charge is 0.305 e. The molecule has 6 heteroatoms. The van der Waals surface area contributed by atoms with Crippen molar-refractivity contribution < 1.29 is 24.5 Å². The largest absolute Gasteiger partial charge is 0.466 e. The highest BCUT2D eigenvalue weighted by Gasteiger charge is 2.18. The van der Waals surface area contributed by atoms with E-state index in [9.17, 15) is 19.8 Å². The number of ether oxygens (including phenoxy) is 1. The van der Waals surface area contributed by atoms with E-state index in [1.807, 2.05) is 6.08 Å². The van der Waals surface area contributed by atoms with Gasteiger partial charge in [0.1, 0.15) is 0 Å². The first-order valence-electron chi connectivity index (χ1n) is 31.6. The van der Waals surface area contributed by atoms with Crippen LogP contribution >= 0.6 is 0 Å². The maximum atomic E-state index is 12.4. The Bertz CT molecular complexity index is 1250. The van der Waals surface area contributed by atoms with E-state index in [2.05, 4.69) is 67.8 Å². The Morgan fingerprint density at radius 2 is 0.694 bits per heavy atom. The fraction of sp³-hybridized carbons (Fsp3) is 0.818. The lowest BCUT2D eigenvalue weighted by Gasteiger charge is -2.20. The molecule has 2 atom stereocenters. The Labute approximate surface area is 448 Å². The van der Waals surface area contributed by atoms with Crippen molar-refractivity contribution in [1.82, 2.24) is 5.32 Å². The zero-order chi connectivity index (χ0) is 52.2. The van der Waals surface area contributed by atoms with Gasteiger partial charge in [-0.05, 0) is 96.3 Å². The molecule has 0 heterocycles. The van der Waals surface area contributed by atoms with Gasteiger partial charge in [-0.15, -0.1) is 0 Å². The molecule has 6 nitrogen and oxygen atoms in total. The van der Waals surface area contributed by atoms with Crippen molar-refractivity contribution in [2.45, 2.75) is 334 Å². The predicted octanol–water partition coefficient (Wildman–Crippen LogP) is 19.9. The molecule has 0 rings (SSSR count). The maximum Gasteiger partial charge on any atom is 0.305 e. The highest BCUT2D eigenvalue weighted by Crippen LogP contribution is 2.16. The van der Waals surface area contributed by atoms with Crippen LogP contribution in [0.3, 0.4) is 0 Å². The monoisotopic (exact) mass is 1010 g/mol. The van der Waals surface area contributed by atoms with E-state index in [0.717, 1.165) is 57.8 Å². The summed E-state index contributed by atoms with van der Waals surface area (Å²) in [5, 5.41) is 22.9. The second-order valence-corrected chi connectivity index (χ2v) is 21.4. The van der Waals surface area contributed by atoms with Gasteiger partial charge in [0.25, 0.3) is 0 Å². The first-order valence-corrected chi connectivity index (χ1v) is 31.6. The number of hydrogen-bond donors (Lipinski definition) is 3. The zero-order valence-corrected chi connectivity index (χ0v) is 47.9. The normalized spacial score (nSPS) is 13.0. The lowest BCUT2D eigenvalue weighted by atomic mass is 10.0. The molecule has 420 valence electrons. The van der Waals surface area contributed by atoms with Crippen LogP contribution in [-0.2, 0) is 14.3 Å². The Kier molecular flexibility index (Phi) is 59.0. The number of carbonyl (C=O) groups excluding carboxylic acids is 2. The number of carbonyl (C=O) groups is 2. The van der Waals surface area contributed by atoms with Crippen LogP contribution < -0.4 is 5.32 Å². The third-order valence-electron chi connectivity index (χ3n) is 14.3. The third-order valence-corrected chi connectivity index (χ3v) is 14.3. The Morgan fingerprint density at radius 1 is 0.389 bits per heavy atom. The fourth-order valence-corrected chi connectivity index (χ4v) is 9.40. The van der Waals surface area contributed by atoms with E-state index in [1.165, 1.54) is 238 Å². The molecule has 0 spiro atoms. The van der Waals surface area contributed by atoms with Gasteiger partial charge in [-0.25, -0.2) is 0 Å². The SMILES string of the molecule is CCCCC/C=C\C/C=C\CCCCCCCCCC(=O)OCCCCCCCCCCC/C=C\C/C=C\CCCCCCCCCCCCCCCC(=O)NC(CO)C(O)/C=C/CCCCCCCCC. The summed E-state index contributed by atoms with van der Waals surface area (Å²) in [7, 11) is 0. The second kappa shape index (κ2) is 61.1. The summed E-state index contributed by atoms with van der Waals surface area (Å²) >= 11 is 0. The van der Waals surface area contributed by atoms with Crippen molar-refractivity contribution in [2.75, 3.05) is 13.2 Å². The molecule has 0 saturated carbocycles. The van der Waals surface area contributed by atoms with Crippen LogP contribution in [0.5, 0.6) is 0 Å². The zero-order valence-electron chi connectivity index (χ0n) is 47.9. The highest BCUT2D eigenvalue weighted by atomic mass is 16.5. The molecule has 0 radical (unpaired) electrons. The molecular weight excluding hydrogens is 887 g/mol. The van der Waals surface area contributed by atoms with Crippen molar-refractivity contribution in [2.24, 2.45) is 0 Å². The van der Waals surface area contributed by atoms with Crippen LogP contribution in [0.1, 0.15) is 322 Å². The van der Waals surface area contributed by atoms with Crippen LogP contribution in [0.2, 0.25) is 0 Å². The molecule has 2 unspecified atom stereocenters. The Morgan fingerprint density at radius 3 is 1.08 bits per heavy atom. The molecule has 0 aromatic heterocycles. The minimum atomic E-state index is -0.844. The van der Waals surface area contributed by atoms with Gasteiger partial charge in [0.2, 0.25) is 5.91 Å². The lowest BCUT2D eigenvalue weighted by molar-refractivity contribution is -0.143. The Balaban J connectivity index is 3.40. The van der Waals surface area contributed by atoms with Crippen LogP contribution in [0.4, 0.5) is 0 Å².